The molecule has 2 rings (SSSR count). The molecule has 0 aromatic heterocycles. The van der Waals surface area contributed by atoms with E-state index in [2.05, 4.69) is 5.32 Å². The van der Waals surface area contributed by atoms with Gasteiger partial charge in [0.2, 0.25) is 5.95 Å². The Morgan fingerprint density at radius 1 is 1.26 bits per heavy atom. The first-order chi connectivity index (χ1) is 10.9. The summed E-state index contributed by atoms with van der Waals surface area (Å²) in [7, 11) is 0. The van der Waals surface area contributed by atoms with Gasteiger partial charge in [0.1, 0.15) is 0 Å². The molecule has 1 aliphatic heterocycles. The number of hydrogen-bond donors (Lipinski definition) is 1. The van der Waals surface area contributed by atoms with E-state index in [0.717, 1.165) is 6.42 Å². The highest BCUT2D eigenvalue weighted by atomic mass is 19.4. The van der Waals surface area contributed by atoms with Gasteiger partial charge in [-0.3, -0.25) is 0 Å². The fourth-order valence-electron chi connectivity index (χ4n) is 2.26. The van der Waals surface area contributed by atoms with Crippen LogP contribution in [0.1, 0.15) is 37.8 Å². The number of nitrogens with one attached hydrogen (secondary N) is 1. The molecule has 0 aliphatic carbocycles. The van der Waals surface area contributed by atoms with E-state index in [1.54, 1.807) is 37.3 Å². The van der Waals surface area contributed by atoms with Crippen molar-refractivity contribution in [3.8, 4) is 0 Å². The average Bonchev–Trinajstić information content (AvgIpc) is 2.53. The molecule has 1 aromatic rings. The molecule has 1 saturated heterocycles. The molecule has 0 radical (unpaired) electrons. The Kier molecular flexibility index (Phi) is 5.87. The number of benzene rings is 1. The summed E-state index contributed by atoms with van der Waals surface area (Å²) in [5, 5.41) is 2.20. The molecule has 0 saturated carbocycles. The Morgan fingerprint density at radius 3 is 2.52 bits per heavy atom. The van der Waals surface area contributed by atoms with Crippen LogP contribution in [-0.2, 0) is 9.47 Å². The first-order valence-corrected chi connectivity index (χ1v) is 7.44. The fourth-order valence-corrected chi connectivity index (χ4v) is 2.26. The molecule has 1 fully saturated rings. The van der Waals surface area contributed by atoms with Gasteiger partial charge in [-0.2, -0.15) is 17.6 Å². The molecule has 3 nitrogen and oxygen atoms in total. The molecule has 1 aliphatic rings. The van der Waals surface area contributed by atoms with Crippen LogP contribution in [0.2, 0.25) is 0 Å². The molecule has 0 bridgehead atoms. The van der Waals surface area contributed by atoms with Gasteiger partial charge in [-0.15, -0.1) is 0 Å². The lowest BCUT2D eigenvalue weighted by molar-refractivity contribution is -0.199. The fraction of sp³-hybridized carbons (Fsp3) is 0.500. The largest absolute Gasteiger partial charge is 0.456 e. The van der Waals surface area contributed by atoms with Gasteiger partial charge in [0.25, 0.3) is 5.76 Å². The van der Waals surface area contributed by atoms with Crippen LogP contribution in [0.3, 0.4) is 0 Å². The van der Waals surface area contributed by atoms with E-state index in [1.165, 1.54) is 0 Å². The van der Waals surface area contributed by atoms with E-state index in [-0.39, 0.29) is 0 Å². The van der Waals surface area contributed by atoms with Crippen molar-refractivity contribution < 1.29 is 27.0 Å². The summed E-state index contributed by atoms with van der Waals surface area (Å²) >= 11 is 0. The van der Waals surface area contributed by atoms with Crippen LogP contribution in [0.4, 0.5) is 17.6 Å². The van der Waals surface area contributed by atoms with Crippen molar-refractivity contribution in [3.05, 3.63) is 47.6 Å². The summed E-state index contributed by atoms with van der Waals surface area (Å²) in [4.78, 5) is 0. The van der Waals surface area contributed by atoms with E-state index in [4.69, 9.17) is 9.47 Å². The normalized spacial score (nSPS) is 21.3. The third-order valence-electron chi connectivity index (χ3n) is 3.49. The summed E-state index contributed by atoms with van der Waals surface area (Å²) in [5.74, 6) is -3.21. The van der Waals surface area contributed by atoms with Crippen molar-refractivity contribution >= 4 is 0 Å². The lowest BCUT2D eigenvalue weighted by atomic mass is 10.1. The minimum absolute atomic E-state index is 0.307. The maximum Gasteiger partial charge on any atom is 0.453 e. The second-order valence-electron chi connectivity index (χ2n) is 5.33. The number of rotatable bonds is 5. The summed E-state index contributed by atoms with van der Waals surface area (Å²) < 4.78 is 63.1. The number of alkyl halides is 3. The molecule has 1 heterocycles. The van der Waals surface area contributed by atoms with Crippen molar-refractivity contribution in [2.45, 2.75) is 44.7 Å². The lowest BCUT2D eigenvalue weighted by Gasteiger charge is -2.26. The van der Waals surface area contributed by atoms with Crippen molar-refractivity contribution in [1.29, 1.82) is 0 Å². The van der Waals surface area contributed by atoms with Crippen molar-refractivity contribution in [3.63, 3.8) is 0 Å². The van der Waals surface area contributed by atoms with Gasteiger partial charge in [-0.05, 0) is 25.3 Å². The standard InChI is InChI=1S/C16H19F4NO2/c1-11(12-7-3-2-4-8-12)21-15(17)14(16(18,19)20)23-13-9-5-6-10-22-13/h2-4,7-8,11,13,21H,5-6,9-10H2,1H3/b15-14+/t11-,13?/m1/s1. The van der Waals surface area contributed by atoms with E-state index in [1.807, 2.05) is 0 Å². The smallest absolute Gasteiger partial charge is 0.453 e. The van der Waals surface area contributed by atoms with Crippen LogP contribution < -0.4 is 5.32 Å². The first kappa shape index (κ1) is 17.6. The molecule has 7 heteroatoms. The third kappa shape index (κ3) is 5.13. The number of hydrogen-bond acceptors (Lipinski definition) is 3. The monoisotopic (exact) mass is 333 g/mol. The summed E-state index contributed by atoms with van der Waals surface area (Å²) in [5.41, 5.74) is 0.665. The number of ether oxygens (including phenoxy) is 2. The van der Waals surface area contributed by atoms with Crippen LogP contribution in [0.25, 0.3) is 0 Å². The predicted molar refractivity (Wildman–Crippen MR) is 76.9 cm³/mol. The van der Waals surface area contributed by atoms with E-state index in [0.29, 0.717) is 25.0 Å². The Balaban J connectivity index is 2.13. The molecular formula is C16H19F4NO2. The quantitative estimate of drug-likeness (QED) is 0.486. The van der Waals surface area contributed by atoms with Gasteiger partial charge in [0.15, 0.2) is 6.29 Å². The summed E-state index contributed by atoms with van der Waals surface area (Å²) in [6, 6.07) is 7.99. The molecule has 1 unspecified atom stereocenters. The molecule has 128 valence electrons. The second-order valence-corrected chi connectivity index (χ2v) is 5.33. The third-order valence-corrected chi connectivity index (χ3v) is 3.49. The number of allylic oxidation sites excluding steroid dienone is 1. The minimum atomic E-state index is -4.94. The van der Waals surface area contributed by atoms with Crippen LogP contribution in [-0.4, -0.2) is 19.1 Å². The summed E-state index contributed by atoms with van der Waals surface area (Å²) in [6.07, 6.45) is -4.25. The van der Waals surface area contributed by atoms with Crippen LogP contribution >= 0.6 is 0 Å². The van der Waals surface area contributed by atoms with Gasteiger partial charge >= 0.3 is 6.18 Å². The van der Waals surface area contributed by atoms with Gasteiger partial charge in [-0.1, -0.05) is 30.3 Å². The zero-order chi connectivity index (χ0) is 16.9. The maximum absolute atomic E-state index is 14.1. The Labute approximate surface area is 132 Å². The average molecular weight is 333 g/mol. The first-order valence-electron chi connectivity index (χ1n) is 7.44. The molecule has 1 N–H and O–H groups in total. The van der Waals surface area contributed by atoms with Gasteiger partial charge in [-0.25, -0.2) is 0 Å². The Hall–Kier alpha value is -1.76. The van der Waals surface area contributed by atoms with Gasteiger partial charge < -0.3 is 14.8 Å². The predicted octanol–water partition coefficient (Wildman–Crippen LogP) is 4.58. The highest BCUT2D eigenvalue weighted by molar-refractivity contribution is 5.20. The topological polar surface area (TPSA) is 30.5 Å². The van der Waals surface area contributed by atoms with Gasteiger partial charge in [0.05, 0.1) is 12.6 Å². The zero-order valence-electron chi connectivity index (χ0n) is 12.7. The molecule has 1 aromatic carbocycles. The molecule has 23 heavy (non-hydrogen) atoms. The second kappa shape index (κ2) is 7.68. The van der Waals surface area contributed by atoms with Crippen LogP contribution in [0.5, 0.6) is 0 Å². The van der Waals surface area contributed by atoms with E-state index < -0.39 is 30.2 Å². The number of halogens is 4. The Morgan fingerprint density at radius 2 is 1.96 bits per heavy atom. The van der Waals surface area contributed by atoms with E-state index in [9.17, 15) is 17.6 Å². The van der Waals surface area contributed by atoms with Crippen molar-refractivity contribution in [2.24, 2.45) is 0 Å². The van der Waals surface area contributed by atoms with Crippen LogP contribution in [0.15, 0.2) is 42.0 Å². The lowest BCUT2D eigenvalue weighted by Crippen LogP contribution is -2.30. The van der Waals surface area contributed by atoms with Crippen molar-refractivity contribution in [1.82, 2.24) is 5.32 Å². The molecule has 0 amide bonds. The SMILES string of the molecule is C[C@@H](N/C(F)=C(/OC1CCCCO1)C(F)(F)F)c1ccccc1. The maximum atomic E-state index is 14.1. The zero-order valence-corrected chi connectivity index (χ0v) is 12.7. The molecular weight excluding hydrogens is 314 g/mol. The summed E-state index contributed by atoms with van der Waals surface area (Å²) in [6.45, 7) is 1.88. The van der Waals surface area contributed by atoms with E-state index >= 15 is 0 Å². The molecule has 2 atom stereocenters. The highest BCUT2D eigenvalue weighted by Gasteiger charge is 2.42. The van der Waals surface area contributed by atoms with Crippen molar-refractivity contribution in [2.75, 3.05) is 6.61 Å². The highest BCUT2D eigenvalue weighted by Crippen LogP contribution is 2.32. The molecule has 0 spiro atoms. The van der Waals surface area contributed by atoms with Gasteiger partial charge in [0, 0.05) is 6.42 Å². The van der Waals surface area contributed by atoms with Crippen LogP contribution in [0, 0.1) is 0 Å². The minimum Gasteiger partial charge on any atom is -0.456 e. The Bertz CT molecular complexity index is 525.